The lowest BCUT2D eigenvalue weighted by atomic mass is 10.2. The van der Waals surface area contributed by atoms with Gasteiger partial charge < -0.3 is 9.84 Å². The Labute approximate surface area is 84.2 Å². The third-order valence-corrected chi connectivity index (χ3v) is 2.30. The lowest BCUT2D eigenvalue weighted by molar-refractivity contribution is -0.131. The average molecular weight is 199 g/mol. The first kappa shape index (κ1) is 11.2. The molecule has 0 bridgehead atoms. The highest BCUT2D eigenvalue weighted by molar-refractivity contribution is 5.79. The first-order valence-corrected chi connectivity index (χ1v) is 4.95. The zero-order valence-electron chi connectivity index (χ0n) is 8.48. The Bertz CT molecular complexity index is 215. The van der Waals surface area contributed by atoms with E-state index in [0.717, 1.165) is 26.1 Å². The summed E-state index contributed by atoms with van der Waals surface area (Å²) >= 11 is 0. The molecule has 1 atom stereocenters. The third kappa shape index (κ3) is 3.89. The van der Waals surface area contributed by atoms with Crippen molar-refractivity contribution < 1.29 is 14.6 Å². The van der Waals surface area contributed by atoms with E-state index in [9.17, 15) is 4.79 Å². The molecule has 0 radical (unpaired) electrons. The molecule has 1 fully saturated rings. The van der Waals surface area contributed by atoms with Crippen LogP contribution in [0.15, 0.2) is 12.2 Å². The fourth-order valence-electron chi connectivity index (χ4n) is 1.50. The fraction of sp³-hybridized carbons (Fsp3) is 0.700. The first-order chi connectivity index (χ1) is 6.72. The van der Waals surface area contributed by atoms with Gasteiger partial charge in [-0.15, -0.1) is 0 Å². The van der Waals surface area contributed by atoms with Crippen molar-refractivity contribution in [3.05, 3.63) is 12.2 Å². The maximum Gasteiger partial charge on any atom is 0.328 e. The molecule has 1 heterocycles. The van der Waals surface area contributed by atoms with Gasteiger partial charge in [-0.3, -0.25) is 4.90 Å². The molecule has 1 aliphatic rings. The minimum atomic E-state index is -0.884. The third-order valence-electron chi connectivity index (χ3n) is 2.30. The molecule has 14 heavy (non-hydrogen) atoms. The molecule has 1 aliphatic heterocycles. The Morgan fingerprint density at radius 3 is 3.14 bits per heavy atom. The van der Waals surface area contributed by atoms with Crippen molar-refractivity contribution in [3.8, 4) is 0 Å². The van der Waals surface area contributed by atoms with E-state index in [1.807, 2.05) is 0 Å². The Kier molecular flexibility index (Phi) is 4.62. The predicted octanol–water partition coefficient (Wildman–Crippen LogP) is 0.738. The van der Waals surface area contributed by atoms with Crippen LogP contribution in [0.3, 0.4) is 0 Å². The summed E-state index contributed by atoms with van der Waals surface area (Å²) in [7, 11) is 0. The minimum Gasteiger partial charge on any atom is -0.478 e. The van der Waals surface area contributed by atoms with Crippen LogP contribution in [0.25, 0.3) is 0 Å². The maximum atomic E-state index is 10.2. The molecule has 1 saturated heterocycles. The van der Waals surface area contributed by atoms with E-state index in [4.69, 9.17) is 9.84 Å². The van der Waals surface area contributed by atoms with E-state index in [2.05, 4.69) is 11.8 Å². The van der Waals surface area contributed by atoms with Crippen molar-refractivity contribution in [3.63, 3.8) is 0 Å². The van der Waals surface area contributed by atoms with Gasteiger partial charge in [0.05, 0.1) is 12.7 Å². The van der Waals surface area contributed by atoms with Crippen molar-refractivity contribution in [2.45, 2.75) is 19.4 Å². The molecule has 4 nitrogen and oxygen atoms in total. The summed E-state index contributed by atoms with van der Waals surface area (Å²) in [4.78, 5) is 12.4. The van der Waals surface area contributed by atoms with Gasteiger partial charge in [-0.1, -0.05) is 13.0 Å². The van der Waals surface area contributed by atoms with Crippen molar-refractivity contribution in [1.29, 1.82) is 0 Å². The molecule has 0 spiro atoms. The van der Waals surface area contributed by atoms with Crippen molar-refractivity contribution in [1.82, 2.24) is 4.90 Å². The number of hydrogen-bond acceptors (Lipinski definition) is 3. The van der Waals surface area contributed by atoms with Crippen molar-refractivity contribution in [2.24, 2.45) is 0 Å². The van der Waals surface area contributed by atoms with Crippen LogP contribution in [0.2, 0.25) is 0 Å². The normalized spacial score (nSPS) is 24.2. The summed E-state index contributed by atoms with van der Waals surface area (Å²) in [6.45, 7) is 5.34. The van der Waals surface area contributed by atoms with E-state index < -0.39 is 5.97 Å². The molecular formula is C10H17NO3. The molecule has 1 rings (SSSR count). The zero-order valence-corrected chi connectivity index (χ0v) is 8.48. The number of morpholine rings is 1. The Morgan fingerprint density at radius 2 is 2.50 bits per heavy atom. The van der Waals surface area contributed by atoms with Crippen LogP contribution in [-0.4, -0.2) is 48.3 Å². The maximum absolute atomic E-state index is 10.2. The number of carboxylic acids is 1. The van der Waals surface area contributed by atoms with Gasteiger partial charge in [-0.05, 0) is 6.42 Å². The van der Waals surface area contributed by atoms with Crippen molar-refractivity contribution in [2.75, 3.05) is 26.2 Å². The Hall–Kier alpha value is -0.870. The van der Waals surface area contributed by atoms with E-state index in [1.54, 1.807) is 6.08 Å². The van der Waals surface area contributed by atoms with Crippen LogP contribution in [0.4, 0.5) is 0 Å². The van der Waals surface area contributed by atoms with Crippen molar-refractivity contribution >= 4 is 5.97 Å². The van der Waals surface area contributed by atoms with Crippen LogP contribution in [0.5, 0.6) is 0 Å². The molecule has 1 unspecified atom stereocenters. The van der Waals surface area contributed by atoms with E-state index in [0.29, 0.717) is 12.6 Å². The second kappa shape index (κ2) is 5.78. The number of aliphatic carboxylic acids is 1. The Morgan fingerprint density at radius 1 is 1.71 bits per heavy atom. The molecule has 0 amide bonds. The molecule has 0 aromatic rings. The summed E-state index contributed by atoms with van der Waals surface area (Å²) in [5, 5.41) is 8.41. The molecule has 0 saturated carbocycles. The number of carbonyl (C=O) groups is 1. The van der Waals surface area contributed by atoms with Gasteiger partial charge in [0, 0.05) is 25.7 Å². The number of rotatable bonds is 4. The van der Waals surface area contributed by atoms with E-state index in [1.165, 1.54) is 6.08 Å². The van der Waals surface area contributed by atoms with E-state index >= 15 is 0 Å². The van der Waals surface area contributed by atoms with Gasteiger partial charge in [0.2, 0.25) is 0 Å². The van der Waals surface area contributed by atoms with Gasteiger partial charge in [0.1, 0.15) is 0 Å². The predicted molar refractivity (Wildman–Crippen MR) is 53.2 cm³/mol. The van der Waals surface area contributed by atoms with Gasteiger partial charge in [0.15, 0.2) is 0 Å². The van der Waals surface area contributed by atoms with Crippen LogP contribution in [0, 0.1) is 0 Å². The summed E-state index contributed by atoms with van der Waals surface area (Å²) in [6, 6.07) is 0. The first-order valence-electron chi connectivity index (χ1n) is 4.95. The van der Waals surface area contributed by atoms with Crippen LogP contribution < -0.4 is 0 Å². The minimum absolute atomic E-state index is 0.307. The molecular weight excluding hydrogens is 182 g/mol. The fourth-order valence-corrected chi connectivity index (χ4v) is 1.50. The van der Waals surface area contributed by atoms with Gasteiger partial charge >= 0.3 is 5.97 Å². The van der Waals surface area contributed by atoms with Gasteiger partial charge in [0.25, 0.3) is 0 Å². The number of hydrogen-bond donors (Lipinski definition) is 1. The highest BCUT2D eigenvalue weighted by Crippen LogP contribution is 2.07. The quantitative estimate of drug-likeness (QED) is 0.678. The summed E-state index contributed by atoms with van der Waals surface area (Å²) < 4.78 is 5.50. The standard InChI is InChI=1S/C10H17NO3/c1-2-9-8-11(6-7-14-9)5-3-4-10(12)13/h3-4,9H,2,5-8H2,1H3,(H,12,13)/b4-3+. The SMILES string of the molecule is CCC1CN(C/C=C/C(=O)O)CCO1. The van der Waals surface area contributed by atoms with E-state index in [-0.39, 0.29) is 0 Å². The number of ether oxygens (including phenoxy) is 1. The lowest BCUT2D eigenvalue weighted by Gasteiger charge is -2.31. The van der Waals surface area contributed by atoms with Gasteiger partial charge in [-0.2, -0.15) is 0 Å². The van der Waals surface area contributed by atoms with Crippen LogP contribution in [0.1, 0.15) is 13.3 Å². The molecule has 4 heteroatoms. The average Bonchev–Trinajstić information content (AvgIpc) is 2.18. The number of carboxylic acid groups (broad SMARTS) is 1. The monoisotopic (exact) mass is 199 g/mol. The molecule has 80 valence electrons. The molecule has 0 aromatic heterocycles. The molecule has 0 aliphatic carbocycles. The smallest absolute Gasteiger partial charge is 0.328 e. The van der Waals surface area contributed by atoms with Gasteiger partial charge in [-0.25, -0.2) is 4.79 Å². The Balaban J connectivity index is 2.27. The number of nitrogens with zero attached hydrogens (tertiary/aromatic N) is 1. The lowest BCUT2D eigenvalue weighted by Crippen LogP contribution is -2.42. The summed E-state index contributed by atoms with van der Waals surface area (Å²) in [5.74, 6) is -0.884. The highest BCUT2D eigenvalue weighted by atomic mass is 16.5. The summed E-state index contributed by atoms with van der Waals surface area (Å²) in [6.07, 6.45) is 4.19. The summed E-state index contributed by atoms with van der Waals surface area (Å²) in [5.41, 5.74) is 0. The van der Waals surface area contributed by atoms with Crippen LogP contribution >= 0.6 is 0 Å². The molecule has 1 N–H and O–H groups in total. The topological polar surface area (TPSA) is 49.8 Å². The second-order valence-corrected chi connectivity index (χ2v) is 3.40. The van der Waals surface area contributed by atoms with Crippen LogP contribution in [-0.2, 0) is 9.53 Å². The highest BCUT2D eigenvalue weighted by Gasteiger charge is 2.17. The largest absolute Gasteiger partial charge is 0.478 e. The zero-order chi connectivity index (χ0) is 10.4. The molecule has 0 aromatic carbocycles. The second-order valence-electron chi connectivity index (χ2n) is 3.40.